The van der Waals surface area contributed by atoms with Crippen molar-refractivity contribution in [3.05, 3.63) is 95.9 Å². The molecule has 5 nitrogen and oxygen atoms in total. The van der Waals surface area contributed by atoms with Crippen LogP contribution in [-0.4, -0.2) is 42.6 Å². The molecule has 1 aliphatic heterocycles. The van der Waals surface area contributed by atoms with Crippen molar-refractivity contribution in [3.63, 3.8) is 0 Å². The maximum atomic E-state index is 12.1. The largest absolute Gasteiger partial charge is 0.407 e. The van der Waals surface area contributed by atoms with E-state index in [4.69, 9.17) is 25.7 Å². The van der Waals surface area contributed by atoms with Gasteiger partial charge in [0.1, 0.15) is 5.65 Å². The molecule has 3 heterocycles. The molecule has 1 aliphatic carbocycles. The Bertz CT molecular complexity index is 1400. The van der Waals surface area contributed by atoms with Crippen molar-refractivity contribution in [2.45, 2.75) is 56.6 Å². The minimum absolute atomic E-state index is 0.149. The number of fused-ring (bicyclic) bond motifs is 1. The molecule has 6 rings (SSSR count). The summed E-state index contributed by atoms with van der Waals surface area (Å²) in [6, 6.07) is 23.5. The monoisotopic (exact) mass is 560 g/mol. The van der Waals surface area contributed by atoms with E-state index in [1.54, 1.807) is 0 Å². The zero-order chi connectivity index (χ0) is 27.3. The fourth-order valence-corrected chi connectivity index (χ4v) is 10.9. The highest BCUT2D eigenvalue weighted by atomic mass is 35.5. The molecular formula is C32H37ClN2O3Si. The van der Waals surface area contributed by atoms with Crippen LogP contribution < -0.4 is 10.4 Å². The zero-order valence-corrected chi connectivity index (χ0v) is 24.7. The summed E-state index contributed by atoms with van der Waals surface area (Å²) in [6.07, 6.45) is 5.71. The van der Waals surface area contributed by atoms with Gasteiger partial charge in [0.05, 0.1) is 36.3 Å². The average Bonchev–Trinajstić information content (AvgIpc) is 3.68. The number of aliphatic hydroxyl groups is 1. The first-order valence-electron chi connectivity index (χ1n) is 13.9. The number of rotatable bonds is 9. The van der Waals surface area contributed by atoms with Gasteiger partial charge in [0.15, 0.2) is 0 Å². The molecule has 0 radical (unpaired) electrons. The molecule has 1 unspecified atom stereocenters. The summed E-state index contributed by atoms with van der Waals surface area (Å²) in [5.74, 6) is 0.880. The Hall–Kier alpha value is -2.48. The van der Waals surface area contributed by atoms with E-state index in [0.29, 0.717) is 31.6 Å². The van der Waals surface area contributed by atoms with E-state index in [2.05, 4.69) is 93.7 Å². The van der Waals surface area contributed by atoms with E-state index >= 15 is 0 Å². The van der Waals surface area contributed by atoms with Gasteiger partial charge in [-0.15, -0.1) is 11.6 Å². The van der Waals surface area contributed by atoms with Gasteiger partial charge in [-0.2, -0.15) is 0 Å². The molecule has 1 saturated heterocycles. The Morgan fingerprint density at radius 1 is 1.05 bits per heavy atom. The molecule has 7 heteroatoms. The lowest BCUT2D eigenvalue weighted by atomic mass is 9.77. The number of benzene rings is 2. The fraction of sp³-hybridized carbons (Fsp3) is 0.406. The summed E-state index contributed by atoms with van der Waals surface area (Å²) < 4.78 is 15.1. The molecule has 2 aromatic carbocycles. The third-order valence-electron chi connectivity index (χ3n) is 8.48. The van der Waals surface area contributed by atoms with Crippen LogP contribution in [0.5, 0.6) is 0 Å². The quantitative estimate of drug-likeness (QED) is 0.214. The summed E-state index contributed by atoms with van der Waals surface area (Å²) >= 11 is 6.16. The van der Waals surface area contributed by atoms with Gasteiger partial charge in [-0.3, -0.25) is 0 Å². The van der Waals surface area contributed by atoms with Gasteiger partial charge in [0.25, 0.3) is 8.32 Å². The van der Waals surface area contributed by atoms with Crippen LogP contribution in [0.1, 0.15) is 62.5 Å². The van der Waals surface area contributed by atoms with Crippen LogP contribution >= 0.6 is 11.6 Å². The minimum atomic E-state index is -2.77. The first-order valence-corrected chi connectivity index (χ1v) is 16.3. The third kappa shape index (κ3) is 4.66. The van der Waals surface area contributed by atoms with Crippen LogP contribution in [0.4, 0.5) is 0 Å². The highest BCUT2D eigenvalue weighted by Crippen LogP contribution is 2.47. The fourth-order valence-electron chi connectivity index (χ4n) is 6.13. The standard InChI is InChI=1S/C32H37ClN2O3Si/c1-31(2,3)39(26-10-6-4-7-11-26,27-12-8-5-9-13-27)38-22-32(20-37-21-32)29(36)28-16-24(23-14-15-23)18-35-19-25(17-33)34-30(28)35/h4-13,16,18-19,23,29,36H,14-15,17,20-22H2,1-3H3. The van der Waals surface area contributed by atoms with Crippen LogP contribution in [0, 0.1) is 5.41 Å². The van der Waals surface area contributed by atoms with E-state index in [9.17, 15) is 5.11 Å². The summed E-state index contributed by atoms with van der Waals surface area (Å²) in [5.41, 5.74) is 3.09. The average molecular weight is 561 g/mol. The molecule has 0 spiro atoms. The first kappa shape index (κ1) is 26.7. The molecule has 204 valence electrons. The Balaban J connectivity index is 1.41. The molecular weight excluding hydrogens is 524 g/mol. The zero-order valence-electron chi connectivity index (χ0n) is 22.9. The number of halogens is 1. The summed E-state index contributed by atoms with van der Waals surface area (Å²) in [7, 11) is -2.77. The molecule has 1 atom stereocenters. The van der Waals surface area contributed by atoms with Crippen LogP contribution in [-0.2, 0) is 15.0 Å². The minimum Gasteiger partial charge on any atom is -0.407 e. The van der Waals surface area contributed by atoms with Crippen molar-refractivity contribution < 1.29 is 14.3 Å². The Kier molecular flexibility index (Phi) is 6.97. The van der Waals surface area contributed by atoms with Crippen molar-refractivity contribution in [3.8, 4) is 0 Å². The van der Waals surface area contributed by atoms with Gasteiger partial charge in [-0.25, -0.2) is 4.98 Å². The number of ether oxygens (including phenoxy) is 1. The molecule has 1 N–H and O–H groups in total. The Morgan fingerprint density at radius 2 is 1.67 bits per heavy atom. The van der Waals surface area contributed by atoms with Crippen molar-refractivity contribution in [1.29, 1.82) is 0 Å². The number of aromatic nitrogens is 2. The third-order valence-corrected chi connectivity index (χ3v) is 13.7. The lowest BCUT2D eigenvalue weighted by Gasteiger charge is -2.49. The SMILES string of the molecule is CC(C)(C)[Si](OCC1(C(O)c2cc(C3CC3)cn3cc(CCl)nc23)COC1)(c1ccccc1)c1ccccc1. The summed E-state index contributed by atoms with van der Waals surface area (Å²) in [4.78, 5) is 4.79. The second kappa shape index (κ2) is 10.2. The van der Waals surface area contributed by atoms with E-state index in [0.717, 1.165) is 16.9 Å². The van der Waals surface area contributed by atoms with Crippen LogP contribution in [0.3, 0.4) is 0 Å². The molecule has 0 bridgehead atoms. The van der Waals surface area contributed by atoms with Crippen LogP contribution in [0.25, 0.3) is 5.65 Å². The lowest BCUT2D eigenvalue weighted by molar-refractivity contribution is -0.190. The van der Waals surface area contributed by atoms with Crippen LogP contribution in [0.15, 0.2) is 79.1 Å². The molecule has 2 aromatic heterocycles. The number of hydrogen-bond donors (Lipinski definition) is 1. The topological polar surface area (TPSA) is 56.0 Å². The first-order chi connectivity index (χ1) is 18.8. The lowest BCUT2D eigenvalue weighted by Crippen LogP contribution is -2.68. The second-order valence-electron chi connectivity index (χ2n) is 12.3. The maximum absolute atomic E-state index is 12.1. The van der Waals surface area contributed by atoms with Gasteiger partial charge in [0, 0.05) is 24.6 Å². The smallest absolute Gasteiger partial charge is 0.261 e. The summed E-state index contributed by atoms with van der Waals surface area (Å²) in [6.45, 7) is 8.11. The van der Waals surface area contributed by atoms with E-state index < -0.39 is 19.8 Å². The molecule has 4 aromatic rings. The Morgan fingerprint density at radius 3 is 2.15 bits per heavy atom. The van der Waals surface area contributed by atoms with Gasteiger partial charge in [0.2, 0.25) is 0 Å². The molecule has 2 fully saturated rings. The number of pyridine rings is 1. The van der Waals surface area contributed by atoms with Crippen molar-refractivity contribution in [1.82, 2.24) is 9.38 Å². The normalized spacial score (nSPS) is 18.2. The molecule has 2 aliphatic rings. The van der Waals surface area contributed by atoms with Gasteiger partial charge in [-0.1, -0.05) is 81.4 Å². The van der Waals surface area contributed by atoms with Crippen molar-refractivity contribution in [2.75, 3.05) is 19.8 Å². The van der Waals surface area contributed by atoms with Gasteiger partial charge in [-0.05, 0) is 45.8 Å². The van der Waals surface area contributed by atoms with Crippen molar-refractivity contribution in [2.24, 2.45) is 5.41 Å². The predicted molar refractivity (Wildman–Crippen MR) is 159 cm³/mol. The number of aliphatic hydroxyl groups excluding tert-OH is 1. The van der Waals surface area contributed by atoms with Crippen molar-refractivity contribution >= 4 is 35.9 Å². The van der Waals surface area contributed by atoms with Gasteiger partial charge < -0.3 is 18.7 Å². The molecule has 1 saturated carbocycles. The van der Waals surface area contributed by atoms with E-state index in [-0.39, 0.29) is 5.04 Å². The summed E-state index contributed by atoms with van der Waals surface area (Å²) in [5, 5.41) is 14.4. The van der Waals surface area contributed by atoms with E-state index in [1.807, 2.05) is 10.6 Å². The van der Waals surface area contributed by atoms with E-state index in [1.165, 1.54) is 28.8 Å². The number of alkyl halides is 1. The molecule has 0 amide bonds. The van der Waals surface area contributed by atoms with Gasteiger partial charge >= 0.3 is 0 Å². The number of nitrogens with zero attached hydrogens (tertiary/aromatic N) is 2. The number of hydrogen-bond acceptors (Lipinski definition) is 4. The number of imidazole rings is 1. The predicted octanol–water partition coefficient (Wildman–Crippen LogP) is 5.58. The van der Waals surface area contributed by atoms with Crippen LogP contribution in [0.2, 0.25) is 5.04 Å². The highest BCUT2D eigenvalue weighted by molar-refractivity contribution is 6.99. The molecule has 39 heavy (non-hydrogen) atoms. The second-order valence-corrected chi connectivity index (χ2v) is 16.9. The highest BCUT2D eigenvalue weighted by Gasteiger charge is 2.54. The Labute approximate surface area is 236 Å². The maximum Gasteiger partial charge on any atom is 0.261 e.